The first-order chi connectivity index (χ1) is 13.2. The van der Waals surface area contributed by atoms with Crippen LogP contribution in [-0.2, 0) is 21.2 Å². The Morgan fingerprint density at radius 2 is 1.64 bits per heavy atom. The summed E-state index contributed by atoms with van der Waals surface area (Å²) in [5.41, 5.74) is 1.50. The number of rotatable bonds is 9. The van der Waals surface area contributed by atoms with Crippen LogP contribution in [0.15, 0.2) is 47.4 Å². The van der Waals surface area contributed by atoms with E-state index in [0.717, 1.165) is 5.56 Å². The number of amides is 1. The summed E-state index contributed by atoms with van der Waals surface area (Å²) in [6.45, 7) is 3.51. The molecule has 2 N–H and O–H groups in total. The summed E-state index contributed by atoms with van der Waals surface area (Å²) in [6, 6.07) is 11.4. The van der Waals surface area contributed by atoms with Gasteiger partial charge in [-0.05, 0) is 62.2 Å². The normalized spacial score (nSPS) is 11.3. The monoisotopic (exact) mass is 406 g/mol. The molecule has 0 spiro atoms. The van der Waals surface area contributed by atoms with Gasteiger partial charge in [-0.15, -0.1) is 0 Å². The van der Waals surface area contributed by atoms with Crippen LogP contribution in [0.3, 0.4) is 0 Å². The maximum atomic E-state index is 12.2. The Morgan fingerprint density at radius 3 is 2.21 bits per heavy atom. The van der Waals surface area contributed by atoms with Crippen molar-refractivity contribution in [3.63, 3.8) is 0 Å². The minimum absolute atomic E-state index is 0.157. The lowest BCUT2D eigenvalue weighted by atomic mass is 10.1. The molecule has 0 heterocycles. The van der Waals surface area contributed by atoms with Crippen LogP contribution < -0.4 is 19.5 Å². The van der Waals surface area contributed by atoms with E-state index in [1.54, 1.807) is 46.3 Å². The zero-order valence-electron chi connectivity index (χ0n) is 16.5. The van der Waals surface area contributed by atoms with Gasteiger partial charge in [0, 0.05) is 18.2 Å². The van der Waals surface area contributed by atoms with Gasteiger partial charge in [0.25, 0.3) is 0 Å². The molecule has 0 unspecified atom stereocenters. The number of hydrogen-bond donors (Lipinski definition) is 2. The minimum Gasteiger partial charge on any atom is -0.493 e. The third-order valence-electron chi connectivity index (χ3n) is 3.93. The summed E-state index contributed by atoms with van der Waals surface area (Å²) in [7, 11) is -0.414. The molecule has 2 rings (SSSR count). The highest BCUT2D eigenvalue weighted by Crippen LogP contribution is 2.28. The Balaban J connectivity index is 1.95. The molecule has 0 aliphatic heterocycles. The van der Waals surface area contributed by atoms with Gasteiger partial charge >= 0.3 is 0 Å². The Morgan fingerprint density at radius 1 is 1.00 bits per heavy atom. The molecule has 0 saturated carbocycles. The van der Waals surface area contributed by atoms with Crippen LogP contribution in [0.1, 0.15) is 25.8 Å². The van der Waals surface area contributed by atoms with E-state index in [1.807, 2.05) is 12.1 Å². The predicted octanol–water partition coefficient (Wildman–Crippen LogP) is 2.96. The number of sulfonamides is 1. The standard InChI is InChI=1S/C20H26N2O5S/c1-14(2)22-28(24,25)17-9-7-16(8-10-17)21-20(23)12-6-15-5-11-18(26-3)19(13-15)27-4/h5,7-11,13-14,22H,6,12H2,1-4H3,(H,21,23). The number of hydrogen-bond acceptors (Lipinski definition) is 5. The van der Waals surface area contributed by atoms with E-state index in [4.69, 9.17) is 9.47 Å². The second-order valence-electron chi connectivity index (χ2n) is 6.54. The molecule has 152 valence electrons. The number of anilines is 1. The van der Waals surface area contributed by atoms with Crippen molar-refractivity contribution in [3.8, 4) is 11.5 Å². The second kappa shape index (κ2) is 9.57. The van der Waals surface area contributed by atoms with Gasteiger partial charge < -0.3 is 14.8 Å². The van der Waals surface area contributed by atoms with Crippen LogP contribution in [0, 0.1) is 0 Å². The summed E-state index contributed by atoms with van der Waals surface area (Å²) >= 11 is 0. The van der Waals surface area contributed by atoms with Crippen LogP contribution in [0.4, 0.5) is 5.69 Å². The Hall–Kier alpha value is -2.58. The summed E-state index contributed by atoms with van der Waals surface area (Å²) in [6.07, 6.45) is 0.821. The first kappa shape index (κ1) is 21.7. The molecule has 8 heteroatoms. The van der Waals surface area contributed by atoms with Crippen molar-refractivity contribution >= 4 is 21.6 Å². The van der Waals surface area contributed by atoms with Gasteiger partial charge in [0.15, 0.2) is 11.5 Å². The molecule has 0 saturated heterocycles. The topological polar surface area (TPSA) is 93.7 Å². The minimum atomic E-state index is -3.55. The molecule has 28 heavy (non-hydrogen) atoms. The maximum Gasteiger partial charge on any atom is 0.240 e. The Bertz CT molecular complexity index is 909. The zero-order valence-corrected chi connectivity index (χ0v) is 17.3. The van der Waals surface area contributed by atoms with Gasteiger partial charge in [-0.1, -0.05) is 6.07 Å². The number of carbonyl (C=O) groups excluding carboxylic acids is 1. The number of methoxy groups -OCH3 is 2. The van der Waals surface area contributed by atoms with Gasteiger partial charge in [0.1, 0.15) is 0 Å². The van der Waals surface area contributed by atoms with Crippen LogP contribution in [0.5, 0.6) is 11.5 Å². The highest BCUT2D eigenvalue weighted by molar-refractivity contribution is 7.89. The molecule has 0 radical (unpaired) electrons. The molecule has 2 aromatic carbocycles. The largest absolute Gasteiger partial charge is 0.493 e. The van der Waals surface area contributed by atoms with Gasteiger partial charge in [-0.3, -0.25) is 4.79 Å². The van der Waals surface area contributed by atoms with Crippen LogP contribution in [0.25, 0.3) is 0 Å². The van der Waals surface area contributed by atoms with Crippen molar-refractivity contribution in [1.29, 1.82) is 0 Å². The fourth-order valence-electron chi connectivity index (χ4n) is 2.61. The fourth-order valence-corrected chi connectivity index (χ4v) is 3.86. The lowest BCUT2D eigenvalue weighted by Gasteiger charge is -2.11. The molecule has 0 aliphatic carbocycles. The van der Waals surface area contributed by atoms with E-state index >= 15 is 0 Å². The van der Waals surface area contributed by atoms with Gasteiger partial charge in [0.05, 0.1) is 19.1 Å². The van der Waals surface area contributed by atoms with Gasteiger partial charge in [0.2, 0.25) is 15.9 Å². The van der Waals surface area contributed by atoms with Crippen LogP contribution in [-0.4, -0.2) is 34.6 Å². The van der Waals surface area contributed by atoms with Crippen molar-refractivity contribution in [2.75, 3.05) is 19.5 Å². The number of aryl methyl sites for hydroxylation is 1. The number of benzene rings is 2. The van der Waals surface area contributed by atoms with Crippen molar-refractivity contribution in [2.45, 2.75) is 37.6 Å². The van der Waals surface area contributed by atoms with E-state index in [2.05, 4.69) is 10.0 Å². The van der Waals surface area contributed by atoms with Gasteiger partial charge in [-0.2, -0.15) is 0 Å². The van der Waals surface area contributed by atoms with Crippen LogP contribution >= 0.6 is 0 Å². The highest BCUT2D eigenvalue weighted by Gasteiger charge is 2.15. The van der Waals surface area contributed by atoms with E-state index in [-0.39, 0.29) is 23.3 Å². The summed E-state index contributed by atoms with van der Waals surface area (Å²) in [4.78, 5) is 12.3. The van der Waals surface area contributed by atoms with Crippen LogP contribution in [0.2, 0.25) is 0 Å². The first-order valence-corrected chi connectivity index (χ1v) is 10.4. The molecule has 7 nitrogen and oxygen atoms in total. The summed E-state index contributed by atoms with van der Waals surface area (Å²) in [5.74, 6) is 1.09. The molecular formula is C20H26N2O5S. The molecule has 0 bridgehead atoms. The maximum absolute atomic E-state index is 12.2. The number of ether oxygens (including phenoxy) is 2. The average Bonchev–Trinajstić information content (AvgIpc) is 2.65. The first-order valence-electron chi connectivity index (χ1n) is 8.88. The smallest absolute Gasteiger partial charge is 0.240 e. The lowest BCUT2D eigenvalue weighted by molar-refractivity contribution is -0.116. The molecular weight excluding hydrogens is 380 g/mol. The fraction of sp³-hybridized carbons (Fsp3) is 0.350. The third-order valence-corrected chi connectivity index (χ3v) is 5.60. The Kier molecular flexibility index (Phi) is 7.42. The molecule has 0 atom stereocenters. The van der Waals surface area contributed by atoms with Crippen molar-refractivity contribution in [3.05, 3.63) is 48.0 Å². The number of nitrogens with one attached hydrogen (secondary N) is 2. The molecule has 0 fully saturated rings. The predicted molar refractivity (Wildman–Crippen MR) is 108 cm³/mol. The van der Waals surface area contributed by atoms with E-state index < -0.39 is 10.0 Å². The third kappa shape index (κ3) is 5.97. The zero-order chi connectivity index (χ0) is 20.7. The van der Waals surface area contributed by atoms with Crippen molar-refractivity contribution in [1.82, 2.24) is 4.72 Å². The average molecular weight is 407 g/mol. The van der Waals surface area contributed by atoms with Crippen molar-refractivity contribution < 1.29 is 22.7 Å². The van der Waals surface area contributed by atoms with E-state index in [1.165, 1.54) is 12.1 Å². The van der Waals surface area contributed by atoms with Crippen molar-refractivity contribution in [2.24, 2.45) is 0 Å². The quantitative estimate of drug-likeness (QED) is 0.668. The van der Waals surface area contributed by atoms with Gasteiger partial charge in [-0.25, -0.2) is 13.1 Å². The van der Waals surface area contributed by atoms with E-state index in [9.17, 15) is 13.2 Å². The summed E-state index contributed by atoms with van der Waals surface area (Å²) in [5, 5.41) is 2.77. The lowest BCUT2D eigenvalue weighted by Crippen LogP contribution is -2.30. The second-order valence-corrected chi connectivity index (χ2v) is 8.25. The van der Waals surface area contributed by atoms with E-state index in [0.29, 0.717) is 23.6 Å². The molecule has 0 aromatic heterocycles. The SMILES string of the molecule is COc1ccc(CCC(=O)Nc2ccc(S(=O)(=O)NC(C)C)cc2)cc1OC. The summed E-state index contributed by atoms with van der Waals surface area (Å²) < 4.78 is 37.2. The molecule has 1 amide bonds. The number of carbonyl (C=O) groups is 1. The molecule has 2 aromatic rings. The molecule has 0 aliphatic rings. The highest BCUT2D eigenvalue weighted by atomic mass is 32.2. The Labute approximate surface area is 166 Å².